The first-order chi connectivity index (χ1) is 12.8. The van der Waals surface area contributed by atoms with Crippen molar-refractivity contribution in [3.63, 3.8) is 0 Å². The van der Waals surface area contributed by atoms with Crippen LogP contribution in [0.3, 0.4) is 0 Å². The highest BCUT2D eigenvalue weighted by Crippen LogP contribution is 2.35. The molecule has 1 aliphatic heterocycles. The number of anilines is 1. The van der Waals surface area contributed by atoms with Crippen LogP contribution in [0.1, 0.15) is 29.9 Å². The summed E-state index contributed by atoms with van der Waals surface area (Å²) in [6, 6.07) is 13.6. The number of amides is 1. The molecule has 0 fully saturated rings. The van der Waals surface area contributed by atoms with Crippen molar-refractivity contribution >= 4 is 11.7 Å². The maximum atomic E-state index is 12.4. The Morgan fingerprint density at radius 2 is 2.04 bits per heavy atom. The van der Waals surface area contributed by atoms with Gasteiger partial charge in [0.1, 0.15) is 5.75 Å². The highest BCUT2D eigenvalue weighted by molar-refractivity contribution is 5.90. The topological polar surface area (TPSA) is 69.0 Å². The molecule has 6 nitrogen and oxygen atoms in total. The summed E-state index contributed by atoms with van der Waals surface area (Å²) in [5.41, 5.74) is 2.22. The molecule has 26 heavy (non-hydrogen) atoms. The zero-order chi connectivity index (χ0) is 17.8. The third-order valence-electron chi connectivity index (χ3n) is 4.52. The van der Waals surface area contributed by atoms with Crippen molar-refractivity contribution in [2.45, 2.75) is 25.3 Å². The molecule has 1 amide bonds. The fraction of sp³-hybridized carbons (Fsp3) is 0.250. The summed E-state index contributed by atoms with van der Waals surface area (Å²) in [5.74, 6) is 1.61. The van der Waals surface area contributed by atoms with Gasteiger partial charge in [-0.1, -0.05) is 18.2 Å². The number of nitrogens with one attached hydrogen (secondary N) is 1. The van der Waals surface area contributed by atoms with Crippen LogP contribution in [0, 0.1) is 0 Å². The van der Waals surface area contributed by atoms with E-state index in [2.05, 4.69) is 15.4 Å². The number of nitrogens with zero attached hydrogens (tertiary/aromatic N) is 3. The highest BCUT2D eigenvalue weighted by atomic mass is 16.5. The molecule has 0 saturated heterocycles. The van der Waals surface area contributed by atoms with Crippen molar-refractivity contribution in [2.24, 2.45) is 0 Å². The third-order valence-corrected chi connectivity index (χ3v) is 4.52. The molecule has 3 heterocycles. The summed E-state index contributed by atoms with van der Waals surface area (Å²) in [6.45, 7) is 1.29. The van der Waals surface area contributed by atoms with E-state index in [0.29, 0.717) is 25.4 Å². The van der Waals surface area contributed by atoms with Gasteiger partial charge in [0.15, 0.2) is 5.82 Å². The van der Waals surface area contributed by atoms with Gasteiger partial charge in [-0.25, -0.2) is 0 Å². The molecule has 1 aliphatic rings. The van der Waals surface area contributed by atoms with Gasteiger partial charge in [-0.3, -0.25) is 14.5 Å². The largest absolute Gasteiger partial charge is 0.493 e. The van der Waals surface area contributed by atoms with E-state index in [4.69, 9.17) is 4.74 Å². The Morgan fingerprint density at radius 1 is 1.19 bits per heavy atom. The number of para-hydroxylation sites is 1. The molecule has 0 saturated carbocycles. The van der Waals surface area contributed by atoms with E-state index in [1.54, 1.807) is 17.1 Å². The van der Waals surface area contributed by atoms with Gasteiger partial charge in [0.2, 0.25) is 5.91 Å². The van der Waals surface area contributed by atoms with Crippen LogP contribution in [0.15, 0.2) is 61.1 Å². The van der Waals surface area contributed by atoms with E-state index >= 15 is 0 Å². The molecule has 4 rings (SSSR count). The maximum Gasteiger partial charge on any atom is 0.226 e. The number of hydrogen-bond donors (Lipinski definition) is 1. The number of fused-ring (bicyclic) bond motifs is 1. The smallest absolute Gasteiger partial charge is 0.226 e. The number of carbonyl (C=O) groups is 1. The molecule has 3 aromatic rings. The van der Waals surface area contributed by atoms with Crippen molar-refractivity contribution in [3.05, 3.63) is 72.2 Å². The fourth-order valence-electron chi connectivity index (χ4n) is 3.24. The maximum absolute atomic E-state index is 12.4. The molecule has 1 atom stereocenters. The molecule has 0 radical (unpaired) electrons. The fourth-order valence-corrected chi connectivity index (χ4v) is 3.24. The Morgan fingerprint density at radius 3 is 2.92 bits per heavy atom. The van der Waals surface area contributed by atoms with Crippen LogP contribution in [0.4, 0.5) is 5.82 Å². The Hall–Kier alpha value is -3.15. The lowest BCUT2D eigenvalue weighted by atomic mass is 9.90. The van der Waals surface area contributed by atoms with Gasteiger partial charge in [-0.15, -0.1) is 0 Å². The van der Waals surface area contributed by atoms with E-state index < -0.39 is 0 Å². The molecule has 132 valence electrons. The minimum atomic E-state index is -0.0270. The number of rotatable bonds is 5. The number of hydrogen-bond acceptors (Lipinski definition) is 4. The second-order valence-electron chi connectivity index (χ2n) is 6.38. The molecule has 2 aromatic heterocycles. The van der Waals surface area contributed by atoms with Gasteiger partial charge in [-0.05, 0) is 41.7 Å². The van der Waals surface area contributed by atoms with Gasteiger partial charge in [0.05, 0.1) is 13.2 Å². The van der Waals surface area contributed by atoms with E-state index in [9.17, 15) is 4.79 Å². The molecule has 1 aromatic carbocycles. The van der Waals surface area contributed by atoms with Gasteiger partial charge >= 0.3 is 0 Å². The summed E-state index contributed by atoms with van der Waals surface area (Å²) in [7, 11) is 0. The van der Waals surface area contributed by atoms with Crippen LogP contribution in [0.25, 0.3) is 0 Å². The molecular formula is C20H20N4O2. The lowest BCUT2D eigenvalue weighted by molar-refractivity contribution is -0.116. The Balaban J connectivity index is 1.37. The number of benzene rings is 1. The summed E-state index contributed by atoms with van der Waals surface area (Å²) < 4.78 is 7.46. The summed E-state index contributed by atoms with van der Waals surface area (Å²) >= 11 is 0. The number of pyridine rings is 1. The molecule has 0 unspecified atom stereocenters. The quantitative estimate of drug-likeness (QED) is 0.769. The number of carbonyl (C=O) groups excluding carboxylic acids is 1. The number of aromatic nitrogens is 3. The monoisotopic (exact) mass is 348 g/mol. The molecule has 0 spiro atoms. The van der Waals surface area contributed by atoms with Crippen molar-refractivity contribution in [1.82, 2.24) is 14.8 Å². The van der Waals surface area contributed by atoms with E-state index in [0.717, 1.165) is 23.3 Å². The second-order valence-corrected chi connectivity index (χ2v) is 6.38. The van der Waals surface area contributed by atoms with E-state index in [1.165, 1.54) is 0 Å². The predicted octanol–water partition coefficient (Wildman–Crippen LogP) is 3.22. The van der Waals surface area contributed by atoms with E-state index in [-0.39, 0.29) is 11.8 Å². The molecule has 1 N–H and O–H groups in total. The van der Waals surface area contributed by atoms with Crippen molar-refractivity contribution in [2.75, 3.05) is 11.9 Å². The van der Waals surface area contributed by atoms with Crippen molar-refractivity contribution < 1.29 is 9.53 Å². The highest BCUT2D eigenvalue weighted by Gasteiger charge is 2.23. The summed E-state index contributed by atoms with van der Waals surface area (Å²) in [6.07, 6.45) is 6.65. The second kappa shape index (κ2) is 7.39. The van der Waals surface area contributed by atoms with Crippen molar-refractivity contribution in [3.8, 4) is 5.75 Å². The summed E-state index contributed by atoms with van der Waals surface area (Å²) in [4.78, 5) is 16.5. The first-order valence-corrected chi connectivity index (χ1v) is 8.72. The average molecular weight is 348 g/mol. The van der Waals surface area contributed by atoms with Gasteiger partial charge < -0.3 is 10.1 Å². The Kier molecular flexibility index (Phi) is 4.64. The van der Waals surface area contributed by atoms with Crippen LogP contribution in [0.2, 0.25) is 0 Å². The standard InChI is InChI=1S/C20H20N4O2/c25-20(13-16-8-12-26-18-4-2-1-3-17(16)18)22-19-7-11-24(23-19)14-15-5-9-21-10-6-15/h1-7,9-11,16H,8,12-14H2,(H,22,23,25)/t16-/m1/s1. The van der Waals surface area contributed by atoms with E-state index in [1.807, 2.05) is 48.7 Å². The summed E-state index contributed by atoms with van der Waals surface area (Å²) in [5, 5.41) is 7.32. The van der Waals surface area contributed by atoms with Crippen LogP contribution in [-0.2, 0) is 11.3 Å². The molecule has 0 aliphatic carbocycles. The zero-order valence-electron chi connectivity index (χ0n) is 14.3. The van der Waals surface area contributed by atoms with Gasteiger partial charge in [0.25, 0.3) is 0 Å². The lowest BCUT2D eigenvalue weighted by Crippen LogP contribution is -2.21. The molecule has 0 bridgehead atoms. The van der Waals surface area contributed by atoms with Crippen LogP contribution in [0.5, 0.6) is 5.75 Å². The zero-order valence-corrected chi connectivity index (χ0v) is 14.3. The molecular weight excluding hydrogens is 328 g/mol. The minimum absolute atomic E-state index is 0.0270. The minimum Gasteiger partial charge on any atom is -0.493 e. The Labute approximate surface area is 151 Å². The predicted molar refractivity (Wildman–Crippen MR) is 98.1 cm³/mol. The van der Waals surface area contributed by atoms with Gasteiger partial charge in [0, 0.05) is 31.1 Å². The van der Waals surface area contributed by atoms with Crippen LogP contribution in [-0.4, -0.2) is 27.3 Å². The first kappa shape index (κ1) is 16.3. The number of ether oxygens (including phenoxy) is 1. The van der Waals surface area contributed by atoms with Gasteiger partial charge in [-0.2, -0.15) is 5.10 Å². The molecule has 6 heteroatoms. The van der Waals surface area contributed by atoms with Crippen LogP contribution >= 0.6 is 0 Å². The lowest BCUT2D eigenvalue weighted by Gasteiger charge is -2.25. The third kappa shape index (κ3) is 3.74. The first-order valence-electron chi connectivity index (χ1n) is 8.72. The van der Waals surface area contributed by atoms with Crippen molar-refractivity contribution in [1.29, 1.82) is 0 Å². The normalized spacial score (nSPS) is 15.8. The average Bonchev–Trinajstić information content (AvgIpc) is 3.09. The van der Waals surface area contributed by atoms with Crippen LogP contribution < -0.4 is 10.1 Å². The SMILES string of the molecule is O=C(C[C@H]1CCOc2ccccc21)Nc1ccn(Cc2ccncc2)n1. The Bertz CT molecular complexity index is 892.